The van der Waals surface area contributed by atoms with E-state index >= 15 is 0 Å². The van der Waals surface area contributed by atoms with E-state index in [1.54, 1.807) is 12.1 Å². The first kappa shape index (κ1) is 14.8. The van der Waals surface area contributed by atoms with E-state index in [2.05, 4.69) is 0 Å². The highest BCUT2D eigenvalue weighted by Crippen LogP contribution is 2.35. The summed E-state index contributed by atoms with van der Waals surface area (Å²) in [5, 5.41) is 9.32. The van der Waals surface area contributed by atoms with Crippen molar-refractivity contribution in [1.29, 1.82) is 0 Å². The standard InChI is InChI=1S/C13H17NO5S/c1-13(12(15)16)7-4-8-14(13)20(17,18)11-6-3-5-10(9-11)19-2/h3,5-6,9H,4,7-8H2,1-2H3,(H,15,16). The van der Waals surface area contributed by atoms with E-state index in [0.29, 0.717) is 18.6 Å². The van der Waals surface area contributed by atoms with Crippen LogP contribution in [-0.2, 0) is 14.8 Å². The van der Waals surface area contributed by atoms with Crippen LogP contribution in [0.3, 0.4) is 0 Å². The molecule has 0 aliphatic carbocycles. The molecule has 0 spiro atoms. The molecule has 0 saturated carbocycles. The topological polar surface area (TPSA) is 83.9 Å². The largest absolute Gasteiger partial charge is 0.497 e. The van der Waals surface area contributed by atoms with Crippen LogP contribution in [0.15, 0.2) is 29.2 Å². The fourth-order valence-electron chi connectivity index (χ4n) is 2.43. The van der Waals surface area contributed by atoms with Crippen LogP contribution in [0.5, 0.6) is 5.75 Å². The van der Waals surface area contributed by atoms with Crippen molar-refractivity contribution in [1.82, 2.24) is 4.31 Å². The predicted octanol–water partition coefficient (Wildman–Crippen LogP) is 1.32. The third-order valence-corrected chi connectivity index (χ3v) is 5.68. The van der Waals surface area contributed by atoms with Crippen LogP contribution in [0.1, 0.15) is 19.8 Å². The Kier molecular flexibility index (Phi) is 3.75. The zero-order chi connectivity index (χ0) is 15.0. The summed E-state index contributed by atoms with van der Waals surface area (Å²) in [5.41, 5.74) is -1.39. The smallest absolute Gasteiger partial charge is 0.324 e. The van der Waals surface area contributed by atoms with Gasteiger partial charge in [-0.3, -0.25) is 4.79 Å². The highest BCUT2D eigenvalue weighted by Gasteiger charge is 2.49. The molecule has 2 rings (SSSR count). The van der Waals surface area contributed by atoms with Crippen LogP contribution in [0.2, 0.25) is 0 Å². The van der Waals surface area contributed by atoms with Crippen molar-refractivity contribution in [3.8, 4) is 5.75 Å². The summed E-state index contributed by atoms with van der Waals surface area (Å²) in [6, 6.07) is 6.05. The average Bonchev–Trinajstić information content (AvgIpc) is 2.83. The van der Waals surface area contributed by atoms with Crippen molar-refractivity contribution in [3.63, 3.8) is 0 Å². The van der Waals surface area contributed by atoms with Gasteiger partial charge in [0.25, 0.3) is 0 Å². The average molecular weight is 299 g/mol. The van der Waals surface area contributed by atoms with E-state index in [-0.39, 0.29) is 11.4 Å². The number of rotatable bonds is 4. The molecular weight excluding hydrogens is 282 g/mol. The second-order valence-electron chi connectivity index (χ2n) is 4.94. The van der Waals surface area contributed by atoms with Gasteiger partial charge in [0, 0.05) is 12.6 Å². The summed E-state index contributed by atoms with van der Waals surface area (Å²) in [4.78, 5) is 11.5. The quantitative estimate of drug-likeness (QED) is 0.906. The monoisotopic (exact) mass is 299 g/mol. The van der Waals surface area contributed by atoms with E-state index in [1.807, 2.05) is 0 Å². The fourth-order valence-corrected chi connectivity index (χ4v) is 4.27. The Morgan fingerprint density at radius 2 is 2.15 bits per heavy atom. The van der Waals surface area contributed by atoms with Crippen LogP contribution >= 0.6 is 0 Å². The third-order valence-electron chi connectivity index (χ3n) is 3.67. The number of methoxy groups -OCH3 is 1. The Bertz CT molecular complexity index is 627. The Balaban J connectivity index is 2.47. The molecule has 1 N–H and O–H groups in total. The van der Waals surface area contributed by atoms with E-state index < -0.39 is 21.5 Å². The number of carbonyl (C=O) groups is 1. The van der Waals surface area contributed by atoms with Gasteiger partial charge in [-0.05, 0) is 31.9 Å². The number of hydrogen-bond acceptors (Lipinski definition) is 4. The van der Waals surface area contributed by atoms with Gasteiger partial charge in [0.05, 0.1) is 12.0 Å². The first-order valence-corrected chi connectivity index (χ1v) is 7.66. The molecule has 1 aliphatic heterocycles. The SMILES string of the molecule is COc1cccc(S(=O)(=O)N2CCCC2(C)C(=O)O)c1. The molecule has 1 aromatic rings. The summed E-state index contributed by atoms with van der Waals surface area (Å²) in [5.74, 6) is -0.705. The second kappa shape index (κ2) is 5.06. The lowest BCUT2D eigenvalue weighted by molar-refractivity contribution is -0.146. The Hall–Kier alpha value is -1.60. The molecule has 6 nitrogen and oxygen atoms in total. The van der Waals surface area contributed by atoms with E-state index in [1.165, 1.54) is 26.2 Å². The Labute approximate surface area is 118 Å². The first-order valence-electron chi connectivity index (χ1n) is 6.22. The van der Waals surface area contributed by atoms with Crippen molar-refractivity contribution < 1.29 is 23.1 Å². The molecule has 0 aromatic heterocycles. The fraction of sp³-hybridized carbons (Fsp3) is 0.462. The lowest BCUT2D eigenvalue weighted by Gasteiger charge is -2.30. The third kappa shape index (κ3) is 2.27. The Morgan fingerprint density at radius 3 is 2.75 bits per heavy atom. The minimum Gasteiger partial charge on any atom is -0.497 e. The summed E-state index contributed by atoms with van der Waals surface area (Å²) in [6.45, 7) is 1.66. The van der Waals surface area contributed by atoms with Gasteiger partial charge in [0.1, 0.15) is 11.3 Å². The summed E-state index contributed by atoms with van der Waals surface area (Å²) < 4.78 is 31.3. The maximum atomic E-state index is 12.6. The molecule has 0 radical (unpaired) electrons. The van der Waals surface area contributed by atoms with Gasteiger partial charge >= 0.3 is 5.97 Å². The van der Waals surface area contributed by atoms with Gasteiger partial charge in [0.15, 0.2) is 0 Å². The van der Waals surface area contributed by atoms with Crippen LogP contribution in [-0.4, -0.2) is 43.0 Å². The van der Waals surface area contributed by atoms with E-state index in [4.69, 9.17) is 4.74 Å². The Morgan fingerprint density at radius 1 is 1.45 bits per heavy atom. The highest BCUT2D eigenvalue weighted by molar-refractivity contribution is 7.89. The molecule has 1 unspecified atom stereocenters. The van der Waals surface area contributed by atoms with Crippen molar-refractivity contribution in [2.24, 2.45) is 0 Å². The summed E-state index contributed by atoms with van der Waals surface area (Å²) in [7, 11) is -2.40. The number of benzene rings is 1. The summed E-state index contributed by atoms with van der Waals surface area (Å²) in [6.07, 6.45) is 0.845. The molecule has 1 fully saturated rings. The first-order chi connectivity index (χ1) is 9.32. The normalized spacial score (nSPS) is 23.7. The van der Waals surface area contributed by atoms with Crippen LogP contribution in [0.4, 0.5) is 0 Å². The minimum absolute atomic E-state index is 0.0474. The number of carboxylic acid groups (broad SMARTS) is 1. The lowest BCUT2D eigenvalue weighted by atomic mass is 10.0. The van der Waals surface area contributed by atoms with Gasteiger partial charge in [-0.25, -0.2) is 8.42 Å². The molecule has 1 atom stereocenters. The molecule has 7 heteroatoms. The zero-order valence-corrected chi connectivity index (χ0v) is 12.2. The van der Waals surface area contributed by atoms with Crippen LogP contribution < -0.4 is 4.74 Å². The van der Waals surface area contributed by atoms with Gasteiger partial charge in [-0.1, -0.05) is 6.07 Å². The van der Waals surface area contributed by atoms with Crippen molar-refractivity contribution in [3.05, 3.63) is 24.3 Å². The van der Waals surface area contributed by atoms with Crippen LogP contribution in [0.25, 0.3) is 0 Å². The molecule has 1 heterocycles. The zero-order valence-electron chi connectivity index (χ0n) is 11.4. The lowest BCUT2D eigenvalue weighted by Crippen LogP contribution is -2.50. The van der Waals surface area contributed by atoms with Gasteiger partial charge in [-0.15, -0.1) is 0 Å². The number of sulfonamides is 1. The number of aliphatic carboxylic acids is 1. The van der Waals surface area contributed by atoms with Gasteiger partial charge in [-0.2, -0.15) is 4.31 Å². The molecular formula is C13H17NO5S. The van der Waals surface area contributed by atoms with Gasteiger partial charge < -0.3 is 9.84 Å². The second-order valence-corrected chi connectivity index (χ2v) is 6.80. The minimum atomic E-state index is -3.85. The molecule has 0 amide bonds. The van der Waals surface area contributed by atoms with Gasteiger partial charge in [0.2, 0.25) is 10.0 Å². The van der Waals surface area contributed by atoms with Crippen LogP contribution in [0, 0.1) is 0 Å². The predicted molar refractivity (Wildman–Crippen MR) is 72.2 cm³/mol. The molecule has 1 aromatic carbocycles. The molecule has 20 heavy (non-hydrogen) atoms. The molecule has 1 aliphatic rings. The molecule has 0 bridgehead atoms. The molecule has 110 valence electrons. The van der Waals surface area contributed by atoms with Crippen molar-refractivity contribution >= 4 is 16.0 Å². The maximum absolute atomic E-state index is 12.6. The van der Waals surface area contributed by atoms with Crippen molar-refractivity contribution in [2.75, 3.05) is 13.7 Å². The molecule has 1 saturated heterocycles. The number of ether oxygens (including phenoxy) is 1. The number of hydrogen-bond donors (Lipinski definition) is 1. The van der Waals surface area contributed by atoms with E-state index in [9.17, 15) is 18.3 Å². The maximum Gasteiger partial charge on any atom is 0.324 e. The number of carboxylic acids is 1. The number of nitrogens with zero attached hydrogens (tertiary/aromatic N) is 1. The van der Waals surface area contributed by atoms with Crippen molar-refractivity contribution in [2.45, 2.75) is 30.2 Å². The van der Waals surface area contributed by atoms with E-state index in [0.717, 1.165) is 4.31 Å². The summed E-state index contributed by atoms with van der Waals surface area (Å²) >= 11 is 0. The highest BCUT2D eigenvalue weighted by atomic mass is 32.2.